The minimum absolute atomic E-state index is 0.00165. The third kappa shape index (κ3) is 2.79. The number of aliphatic hydroxyl groups excluding tert-OH is 1. The Hall–Kier alpha value is -1.20. The predicted octanol–water partition coefficient (Wildman–Crippen LogP) is 0.877. The Morgan fingerprint density at radius 3 is 2.33 bits per heavy atom. The van der Waals surface area contributed by atoms with Crippen LogP contribution in [-0.4, -0.2) is 35.0 Å². The van der Waals surface area contributed by atoms with Gasteiger partial charge in [-0.15, -0.1) is 5.10 Å². The maximum absolute atomic E-state index is 9.24. The smallest absolute Gasteiger partial charge is 0.156 e. The van der Waals surface area contributed by atoms with Gasteiger partial charge in [-0.2, -0.15) is 5.10 Å². The molecule has 1 atom stereocenters. The molecule has 0 aliphatic rings. The van der Waals surface area contributed by atoms with Crippen molar-refractivity contribution in [2.24, 2.45) is 5.73 Å². The summed E-state index contributed by atoms with van der Waals surface area (Å²) in [5, 5.41) is 17.8. The molecule has 1 aromatic heterocycles. The van der Waals surface area contributed by atoms with Crippen molar-refractivity contribution in [3.05, 3.63) is 16.8 Å². The number of anilines is 1. The average Bonchev–Trinajstić information content (AvgIpc) is 2.43. The standard InChI is InChI=1S/C13H24N4O/c1-5-10-11(7-14)13(16-15-12(10)6-2)17(4)9(3)8-18/h9,18H,5-8,14H2,1-4H3. The molecule has 18 heavy (non-hydrogen) atoms. The van der Waals surface area contributed by atoms with Crippen LogP contribution in [0, 0.1) is 0 Å². The zero-order valence-electron chi connectivity index (χ0n) is 11.8. The van der Waals surface area contributed by atoms with E-state index in [9.17, 15) is 5.11 Å². The number of hydrogen-bond acceptors (Lipinski definition) is 5. The number of nitrogens with zero attached hydrogens (tertiary/aromatic N) is 3. The van der Waals surface area contributed by atoms with Crippen molar-refractivity contribution in [3.63, 3.8) is 0 Å². The first-order chi connectivity index (χ1) is 8.60. The monoisotopic (exact) mass is 252 g/mol. The number of aliphatic hydroxyl groups is 1. The number of likely N-dealkylation sites (N-methyl/N-ethyl adjacent to an activating group) is 1. The van der Waals surface area contributed by atoms with Crippen molar-refractivity contribution >= 4 is 5.82 Å². The predicted molar refractivity (Wildman–Crippen MR) is 73.6 cm³/mol. The second-order valence-electron chi connectivity index (χ2n) is 4.48. The van der Waals surface area contributed by atoms with Crippen LogP contribution in [0.5, 0.6) is 0 Å². The van der Waals surface area contributed by atoms with E-state index in [-0.39, 0.29) is 12.6 Å². The van der Waals surface area contributed by atoms with Gasteiger partial charge in [0.25, 0.3) is 0 Å². The van der Waals surface area contributed by atoms with Crippen LogP contribution in [0.4, 0.5) is 5.82 Å². The fourth-order valence-electron chi connectivity index (χ4n) is 2.07. The maximum Gasteiger partial charge on any atom is 0.156 e. The molecule has 0 aliphatic heterocycles. The van der Waals surface area contributed by atoms with E-state index < -0.39 is 0 Å². The van der Waals surface area contributed by atoms with Crippen LogP contribution in [0.2, 0.25) is 0 Å². The van der Waals surface area contributed by atoms with Crippen molar-refractivity contribution in [1.29, 1.82) is 0 Å². The Morgan fingerprint density at radius 2 is 1.89 bits per heavy atom. The highest BCUT2D eigenvalue weighted by Crippen LogP contribution is 2.23. The molecular weight excluding hydrogens is 228 g/mol. The Balaban J connectivity index is 3.28. The summed E-state index contributed by atoms with van der Waals surface area (Å²) in [6.07, 6.45) is 1.77. The molecule has 1 aromatic rings. The Kier molecular flexibility index (Phi) is 5.50. The Labute approximate surface area is 109 Å². The molecule has 0 saturated carbocycles. The van der Waals surface area contributed by atoms with Gasteiger partial charge >= 0.3 is 0 Å². The van der Waals surface area contributed by atoms with Crippen molar-refractivity contribution in [3.8, 4) is 0 Å². The highest BCUT2D eigenvalue weighted by atomic mass is 16.3. The number of hydrogen-bond donors (Lipinski definition) is 2. The molecule has 0 aliphatic carbocycles. The molecule has 1 heterocycles. The van der Waals surface area contributed by atoms with Gasteiger partial charge in [-0.3, -0.25) is 0 Å². The van der Waals surface area contributed by atoms with E-state index in [4.69, 9.17) is 5.73 Å². The number of rotatable bonds is 6. The van der Waals surface area contributed by atoms with E-state index in [1.165, 1.54) is 5.56 Å². The summed E-state index contributed by atoms with van der Waals surface area (Å²) in [5.41, 5.74) is 9.14. The molecule has 102 valence electrons. The van der Waals surface area contributed by atoms with Crippen LogP contribution in [0.3, 0.4) is 0 Å². The van der Waals surface area contributed by atoms with Gasteiger partial charge < -0.3 is 15.7 Å². The number of nitrogens with two attached hydrogens (primary N) is 1. The van der Waals surface area contributed by atoms with Gasteiger partial charge in [-0.1, -0.05) is 13.8 Å². The van der Waals surface area contributed by atoms with E-state index in [0.29, 0.717) is 6.54 Å². The molecule has 1 unspecified atom stereocenters. The molecule has 5 nitrogen and oxygen atoms in total. The molecule has 0 radical (unpaired) electrons. The lowest BCUT2D eigenvalue weighted by molar-refractivity contribution is 0.269. The quantitative estimate of drug-likeness (QED) is 0.786. The summed E-state index contributed by atoms with van der Waals surface area (Å²) in [6, 6.07) is 0.00165. The first-order valence-corrected chi connectivity index (χ1v) is 6.51. The topological polar surface area (TPSA) is 75.3 Å². The van der Waals surface area contributed by atoms with Crippen LogP contribution in [0.15, 0.2) is 0 Å². The van der Waals surface area contributed by atoms with Crippen LogP contribution in [0.1, 0.15) is 37.6 Å². The fourth-order valence-corrected chi connectivity index (χ4v) is 2.07. The zero-order valence-corrected chi connectivity index (χ0v) is 11.8. The third-order valence-corrected chi connectivity index (χ3v) is 3.40. The molecule has 1 rings (SSSR count). The van der Waals surface area contributed by atoms with Gasteiger partial charge in [0, 0.05) is 19.2 Å². The Morgan fingerprint density at radius 1 is 1.22 bits per heavy atom. The molecule has 3 N–H and O–H groups in total. The van der Waals surface area contributed by atoms with Crippen molar-refractivity contribution in [1.82, 2.24) is 10.2 Å². The van der Waals surface area contributed by atoms with Gasteiger partial charge in [0.2, 0.25) is 0 Å². The largest absolute Gasteiger partial charge is 0.394 e. The van der Waals surface area contributed by atoms with Crippen LogP contribution in [-0.2, 0) is 19.4 Å². The average molecular weight is 252 g/mol. The second-order valence-corrected chi connectivity index (χ2v) is 4.48. The third-order valence-electron chi connectivity index (χ3n) is 3.40. The van der Waals surface area contributed by atoms with Crippen LogP contribution >= 0.6 is 0 Å². The summed E-state index contributed by atoms with van der Waals surface area (Å²) < 4.78 is 0. The second kappa shape index (κ2) is 6.66. The zero-order chi connectivity index (χ0) is 13.7. The van der Waals surface area contributed by atoms with Crippen molar-refractivity contribution < 1.29 is 5.11 Å². The highest BCUT2D eigenvalue weighted by Gasteiger charge is 2.18. The van der Waals surface area contributed by atoms with E-state index in [0.717, 1.165) is 29.9 Å². The summed E-state index contributed by atoms with van der Waals surface area (Å²) in [7, 11) is 1.91. The van der Waals surface area contributed by atoms with E-state index in [2.05, 4.69) is 24.0 Å². The lowest BCUT2D eigenvalue weighted by Gasteiger charge is -2.27. The SMILES string of the molecule is CCc1nnc(N(C)C(C)CO)c(CN)c1CC. The van der Waals surface area contributed by atoms with Gasteiger partial charge in [0.1, 0.15) is 0 Å². The molecule has 0 aromatic carbocycles. The number of aryl methyl sites for hydroxylation is 1. The van der Waals surface area contributed by atoms with E-state index >= 15 is 0 Å². The molecule has 0 amide bonds. The first-order valence-electron chi connectivity index (χ1n) is 6.51. The molecule has 0 saturated heterocycles. The lowest BCUT2D eigenvalue weighted by Crippen LogP contribution is -2.34. The lowest BCUT2D eigenvalue weighted by atomic mass is 10.0. The molecule has 0 fully saturated rings. The van der Waals surface area contributed by atoms with Crippen molar-refractivity contribution in [2.75, 3.05) is 18.6 Å². The molecule has 5 heteroatoms. The van der Waals surface area contributed by atoms with E-state index in [1.54, 1.807) is 0 Å². The highest BCUT2D eigenvalue weighted by molar-refractivity contribution is 5.51. The minimum atomic E-state index is 0.00165. The fraction of sp³-hybridized carbons (Fsp3) is 0.692. The number of aromatic nitrogens is 2. The first kappa shape index (κ1) is 14.9. The minimum Gasteiger partial charge on any atom is -0.394 e. The van der Waals surface area contributed by atoms with Crippen LogP contribution < -0.4 is 10.6 Å². The summed E-state index contributed by atoms with van der Waals surface area (Å²) in [4.78, 5) is 1.94. The van der Waals surface area contributed by atoms with Gasteiger partial charge in [0.15, 0.2) is 5.82 Å². The van der Waals surface area contributed by atoms with Crippen LogP contribution in [0.25, 0.3) is 0 Å². The van der Waals surface area contributed by atoms with Crippen molar-refractivity contribution in [2.45, 2.75) is 46.2 Å². The van der Waals surface area contributed by atoms with Gasteiger partial charge in [-0.05, 0) is 25.3 Å². The summed E-state index contributed by atoms with van der Waals surface area (Å²) in [6.45, 7) is 6.65. The normalized spacial score (nSPS) is 12.6. The van der Waals surface area contributed by atoms with Gasteiger partial charge in [0.05, 0.1) is 18.3 Å². The Bertz CT molecular complexity index is 395. The molecule has 0 spiro atoms. The molecular formula is C13H24N4O. The molecule has 0 bridgehead atoms. The van der Waals surface area contributed by atoms with Gasteiger partial charge in [-0.25, -0.2) is 0 Å². The summed E-state index contributed by atoms with van der Waals surface area (Å²) in [5.74, 6) is 0.785. The van der Waals surface area contributed by atoms with E-state index in [1.807, 2.05) is 18.9 Å². The maximum atomic E-state index is 9.24. The summed E-state index contributed by atoms with van der Waals surface area (Å²) >= 11 is 0.